The first-order valence-electron chi connectivity index (χ1n) is 13.5. The fraction of sp³-hybridized carbons (Fsp3) is 0.276. The zero-order chi connectivity index (χ0) is 32.8. The zero-order valence-electron chi connectivity index (χ0n) is 24.4. The number of anilines is 3. The van der Waals surface area contributed by atoms with Crippen molar-refractivity contribution >= 4 is 56.0 Å². The minimum atomic E-state index is -5.54. The lowest BCUT2D eigenvalue weighted by atomic mass is 10.1. The Kier molecular flexibility index (Phi) is 10.7. The van der Waals surface area contributed by atoms with E-state index in [1.165, 1.54) is 43.5 Å². The second-order valence-electron chi connectivity index (χ2n) is 9.91. The van der Waals surface area contributed by atoms with Crippen LogP contribution in [0.3, 0.4) is 0 Å². The standard InChI is InChI=1S/C29H30ClF3N6O5S/c1-38(2)16-15-34-14-13-19-7-6-8-21(17-19)45(41,42)39(44-28(40)29(31,32)33)27-26(35-23-9-4-5-10-24(23)37-27)36-25-18-20(43-3)11-12-22(25)30/h4-12,17-18,34H,13-16H2,1-3H3,(H,35,36). The van der Waals surface area contributed by atoms with E-state index in [2.05, 4.69) is 25.4 Å². The highest BCUT2D eigenvalue weighted by atomic mass is 35.5. The monoisotopic (exact) mass is 666 g/mol. The van der Waals surface area contributed by atoms with E-state index in [-0.39, 0.29) is 32.0 Å². The molecular formula is C29H30ClF3N6O5S. The third-order valence-electron chi connectivity index (χ3n) is 6.29. The zero-order valence-corrected chi connectivity index (χ0v) is 26.0. The highest BCUT2D eigenvalue weighted by molar-refractivity contribution is 7.92. The Morgan fingerprint density at radius 2 is 1.69 bits per heavy atom. The van der Waals surface area contributed by atoms with Crippen molar-refractivity contribution in [3.63, 3.8) is 0 Å². The molecule has 45 heavy (non-hydrogen) atoms. The van der Waals surface area contributed by atoms with Crippen molar-refractivity contribution in [2.75, 3.05) is 50.6 Å². The predicted molar refractivity (Wildman–Crippen MR) is 164 cm³/mol. The number of carbonyl (C=O) groups excluding carboxylic acids is 1. The first-order chi connectivity index (χ1) is 21.3. The van der Waals surface area contributed by atoms with E-state index in [1.54, 1.807) is 30.3 Å². The quantitative estimate of drug-likeness (QED) is 0.150. The first kappa shape index (κ1) is 33.7. The van der Waals surface area contributed by atoms with Gasteiger partial charge in [0.15, 0.2) is 5.82 Å². The number of likely N-dealkylation sites (N-methyl/N-ethyl adjacent to an activating group) is 1. The topological polar surface area (TPSA) is 126 Å². The van der Waals surface area contributed by atoms with Crippen LogP contribution in [0.4, 0.5) is 30.5 Å². The highest BCUT2D eigenvalue weighted by Gasteiger charge is 2.46. The van der Waals surface area contributed by atoms with E-state index in [9.17, 15) is 26.4 Å². The number of alkyl halides is 3. The van der Waals surface area contributed by atoms with Crippen molar-refractivity contribution in [3.05, 3.63) is 77.3 Å². The molecule has 0 aliphatic heterocycles. The number of sulfonamides is 1. The maximum Gasteiger partial charge on any atom is 0.493 e. The number of rotatable bonds is 13. The largest absolute Gasteiger partial charge is 0.497 e. The lowest BCUT2D eigenvalue weighted by Crippen LogP contribution is -2.39. The van der Waals surface area contributed by atoms with E-state index >= 15 is 0 Å². The van der Waals surface area contributed by atoms with E-state index in [4.69, 9.17) is 16.3 Å². The van der Waals surface area contributed by atoms with Gasteiger partial charge < -0.3 is 25.1 Å². The lowest BCUT2D eigenvalue weighted by molar-refractivity contribution is -0.199. The van der Waals surface area contributed by atoms with Crippen LogP contribution >= 0.6 is 11.6 Å². The van der Waals surface area contributed by atoms with Crippen molar-refractivity contribution in [2.45, 2.75) is 17.5 Å². The van der Waals surface area contributed by atoms with Crippen LogP contribution < -0.4 is 19.8 Å². The van der Waals surface area contributed by atoms with Gasteiger partial charge in [0, 0.05) is 19.2 Å². The molecule has 1 aromatic heterocycles. The van der Waals surface area contributed by atoms with Crippen LogP contribution in [0.15, 0.2) is 71.6 Å². The predicted octanol–water partition coefficient (Wildman–Crippen LogP) is 4.94. The smallest absolute Gasteiger partial charge is 0.493 e. The van der Waals surface area contributed by atoms with Crippen molar-refractivity contribution in [3.8, 4) is 5.75 Å². The molecule has 0 bridgehead atoms. The second kappa shape index (κ2) is 14.3. The summed E-state index contributed by atoms with van der Waals surface area (Å²) in [6.45, 7) is 1.99. The van der Waals surface area contributed by atoms with Crippen LogP contribution in [-0.4, -0.2) is 76.3 Å². The molecule has 0 atom stereocenters. The van der Waals surface area contributed by atoms with Crippen LogP contribution in [0, 0.1) is 0 Å². The Bertz CT molecular complexity index is 1780. The van der Waals surface area contributed by atoms with Crippen molar-refractivity contribution < 1.29 is 36.0 Å². The molecule has 0 aliphatic rings. The Balaban J connectivity index is 1.82. The molecule has 0 unspecified atom stereocenters. The first-order valence-corrected chi connectivity index (χ1v) is 15.3. The highest BCUT2D eigenvalue weighted by Crippen LogP contribution is 2.36. The summed E-state index contributed by atoms with van der Waals surface area (Å²) >= 11 is 6.34. The third-order valence-corrected chi connectivity index (χ3v) is 8.15. The molecule has 0 aliphatic carbocycles. The number of hydrogen-bond acceptors (Lipinski definition) is 10. The minimum absolute atomic E-state index is 0.107. The summed E-state index contributed by atoms with van der Waals surface area (Å²) in [4.78, 5) is 26.9. The van der Waals surface area contributed by atoms with Gasteiger partial charge in [0.05, 0.1) is 33.7 Å². The van der Waals surface area contributed by atoms with Crippen LogP contribution in [0.5, 0.6) is 5.75 Å². The molecule has 4 aromatic rings. The minimum Gasteiger partial charge on any atom is -0.497 e. The lowest BCUT2D eigenvalue weighted by Gasteiger charge is -2.24. The summed E-state index contributed by atoms with van der Waals surface area (Å²) in [6, 6.07) is 16.3. The number of ether oxygens (including phenoxy) is 1. The summed E-state index contributed by atoms with van der Waals surface area (Å²) < 4.78 is 73.5. The fourth-order valence-corrected chi connectivity index (χ4v) is 5.44. The van der Waals surface area contributed by atoms with Crippen LogP contribution in [-0.2, 0) is 26.1 Å². The van der Waals surface area contributed by atoms with E-state index < -0.39 is 32.9 Å². The van der Waals surface area contributed by atoms with Crippen molar-refractivity contribution in [1.29, 1.82) is 0 Å². The van der Waals surface area contributed by atoms with E-state index in [1.807, 2.05) is 19.0 Å². The fourth-order valence-electron chi connectivity index (χ4n) is 4.01. The van der Waals surface area contributed by atoms with Crippen molar-refractivity contribution in [1.82, 2.24) is 20.2 Å². The SMILES string of the molecule is COc1ccc(Cl)c(Nc2nc3ccccc3nc2N(OC(=O)C(F)(F)F)S(=O)(=O)c2cccc(CCNCCN(C)C)c2)c1. The van der Waals surface area contributed by atoms with Gasteiger partial charge in [0.25, 0.3) is 10.0 Å². The van der Waals surface area contributed by atoms with Crippen LogP contribution in [0.1, 0.15) is 5.56 Å². The average Bonchev–Trinajstić information content (AvgIpc) is 2.99. The summed E-state index contributed by atoms with van der Waals surface area (Å²) in [5.41, 5.74) is 1.09. The summed E-state index contributed by atoms with van der Waals surface area (Å²) in [6.07, 6.45) is -5.13. The number of carbonyl (C=O) groups is 1. The number of fused-ring (bicyclic) bond motifs is 1. The number of benzene rings is 3. The van der Waals surface area contributed by atoms with Gasteiger partial charge in [0.2, 0.25) is 5.82 Å². The number of para-hydroxylation sites is 2. The van der Waals surface area contributed by atoms with Gasteiger partial charge in [-0.3, -0.25) is 0 Å². The summed E-state index contributed by atoms with van der Waals surface area (Å²) in [5, 5.41) is 6.18. The van der Waals surface area contributed by atoms with Gasteiger partial charge >= 0.3 is 12.1 Å². The maximum absolute atomic E-state index is 14.0. The molecular weight excluding hydrogens is 637 g/mol. The van der Waals surface area contributed by atoms with Crippen molar-refractivity contribution in [2.24, 2.45) is 0 Å². The molecule has 3 aromatic carbocycles. The number of nitrogens with one attached hydrogen (secondary N) is 2. The van der Waals surface area contributed by atoms with Gasteiger partial charge in [-0.2, -0.15) is 21.6 Å². The molecule has 240 valence electrons. The molecule has 0 spiro atoms. The molecule has 16 heteroatoms. The molecule has 11 nitrogen and oxygen atoms in total. The summed E-state index contributed by atoms with van der Waals surface area (Å²) in [7, 11) is 0.248. The molecule has 0 amide bonds. The number of nitrogens with zero attached hydrogens (tertiary/aromatic N) is 4. The van der Waals surface area contributed by atoms with E-state index in [0.29, 0.717) is 30.8 Å². The van der Waals surface area contributed by atoms with Crippen LogP contribution in [0.2, 0.25) is 5.02 Å². The van der Waals surface area contributed by atoms with Gasteiger partial charge in [-0.25, -0.2) is 14.8 Å². The molecule has 0 radical (unpaired) electrons. The number of hydrogen-bond donors (Lipinski definition) is 2. The Morgan fingerprint density at radius 1 is 0.978 bits per heavy atom. The number of methoxy groups -OCH3 is 1. The average molecular weight is 667 g/mol. The van der Waals surface area contributed by atoms with E-state index in [0.717, 1.165) is 6.54 Å². The van der Waals surface area contributed by atoms with Gasteiger partial charge in [-0.15, -0.1) is 0 Å². The van der Waals surface area contributed by atoms with Gasteiger partial charge in [-0.1, -0.05) is 40.3 Å². The third kappa shape index (κ3) is 8.51. The molecule has 0 saturated carbocycles. The molecule has 0 fully saturated rings. The Hall–Kier alpha value is -4.18. The number of aromatic nitrogens is 2. The normalized spacial score (nSPS) is 11.9. The Morgan fingerprint density at radius 3 is 2.36 bits per heavy atom. The number of halogens is 4. The molecule has 0 saturated heterocycles. The second-order valence-corrected chi connectivity index (χ2v) is 12.1. The molecule has 1 heterocycles. The Labute approximate surface area is 262 Å². The maximum atomic E-state index is 14.0. The molecule has 2 N–H and O–H groups in total. The summed E-state index contributed by atoms with van der Waals surface area (Å²) in [5.74, 6) is -3.55. The van der Waals surface area contributed by atoms with Crippen LogP contribution in [0.25, 0.3) is 11.0 Å². The van der Waals surface area contributed by atoms with Gasteiger partial charge in [0.1, 0.15) is 5.75 Å². The van der Waals surface area contributed by atoms with Gasteiger partial charge in [-0.05, 0) is 69.0 Å². The molecule has 4 rings (SSSR count).